The van der Waals surface area contributed by atoms with Crippen LogP contribution in [0.15, 0.2) is 16.7 Å². The summed E-state index contributed by atoms with van der Waals surface area (Å²) in [6.07, 6.45) is 2.50. The highest BCUT2D eigenvalue weighted by Crippen LogP contribution is 2.27. The number of aromatic amines is 1. The topological polar surface area (TPSA) is 80.2 Å². The number of aromatic nitrogens is 2. The fourth-order valence-electron chi connectivity index (χ4n) is 2.98. The zero-order valence-corrected chi connectivity index (χ0v) is 13.1. The molecule has 2 N–H and O–H groups in total. The van der Waals surface area contributed by atoms with Gasteiger partial charge in [-0.15, -0.1) is 0 Å². The van der Waals surface area contributed by atoms with E-state index in [-0.39, 0.29) is 17.9 Å². The number of aryl methyl sites for hydroxylation is 2. The molecule has 2 aromatic rings. The molecule has 0 aromatic carbocycles. The van der Waals surface area contributed by atoms with Crippen molar-refractivity contribution < 1.29 is 13.9 Å². The number of ether oxygens (including phenoxy) is 1. The van der Waals surface area contributed by atoms with E-state index in [0.29, 0.717) is 12.2 Å². The molecule has 2 atom stereocenters. The van der Waals surface area contributed by atoms with Gasteiger partial charge in [0.15, 0.2) is 0 Å². The smallest absolute Gasteiger partial charge is 0.255 e. The van der Waals surface area contributed by atoms with E-state index in [4.69, 9.17) is 9.15 Å². The van der Waals surface area contributed by atoms with Crippen LogP contribution < -0.4 is 5.32 Å². The summed E-state index contributed by atoms with van der Waals surface area (Å²) in [4.78, 5) is 12.5. The summed E-state index contributed by atoms with van der Waals surface area (Å²) in [5.41, 5.74) is 2.46. The highest BCUT2D eigenvalue weighted by Gasteiger charge is 2.26. The first-order chi connectivity index (χ1) is 10.6. The second-order valence-electron chi connectivity index (χ2n) is 5.82. The summed E-state index contributed by atoms with van der Waals surface area (Å²) in [5, 5.41) is 9.99. The van der Waals surface area contributed by atoms with E-state index in [1.54, 1.807) is 6.20 Å². The normalized spacial score (nSPS) is 19.3. The van der Waals surface area contributed by atoms with Gasteiger partial charge in [-0.3, -0.25) is 9.89 Å². The number of carbonyl (C=O) groups excluding carboxylic acids is 1. The molecule has 3 heterocycles. The van der Waals surface area contributed by atoms with Gasteiger partial charge in [-0.1, -0.05) is 0 Å². The van der Waals surface area contributed by atoms with Gasteiger partial charge in [-0.05, 0) is 33.3 Å². The van der Waals surface area contributed by atoms with Gasteiger partial charge in [0.2, 0.25) is 0 Å². The molecule has 6 heteroatoms. The lowest BCUT2D eigenvalue weighted by Gasteiger charge is -2.14. The fraction of sp³-hybridized carbons (Fsp3) is 0.500. The van der Waals surface area contributed by atoms with Crippen molar-refractivity contribution in [3.05, 3.63) is 40.6 Å². The minimum atomic E-state index is -0.124. The minimum absolute atomic E-state index is 0.118. The second kappa shape index (κ2) is 5.96. The van der Waals surface area contributed by atoms with E-state index >= 15 is 0 Å². The van der Waals surface area contributed by atoms with Crippen molar-refractivity contribution in [2.24, 2.45) is 0 Å². The van der Waals surface area contributed by atoms with Crippen molar-refractivity contribution >= 4 is 5.91 Å². The van der Waals surface area contributed by atoms with Crippen LogP contribution in [0.25, 0.3) is 0 Å². The van der Waals surface area contributed by atoms with Crippen LogP contribution in [0, 0.1) is 13.8 Å². The van der Waals surface area contributed by atoms with Gasteiger partial charge in [0.1, 0.15) is 11.5 Å². The van der Waals surface area contributed by atoms with Gasteiger partial charge in [-0.25, -0.2) is 0 Å². The Labute approximate surface area is 129 Å². The maximum absolute atomic E-state index is 12.5. The quantitative estimate of drug-likeness (QED) is 0.910. The largest absolute Gasteiger partial charge is 0.466 e. The predicted molar refractivity (Wildman–Crippen MR) is 80.8 cm³/mol. The van der Waals surface area contributed by atoms with Gasteiger partial charge in [0.05, 0.1) is 30.1 Å². The molecule has 1 aliphatic heterocycles. The van der Waals surface area contributed by atoms with Crippen molar-refractivity contribution in [1.82, 2.24) is 15.5 Å². The monoisotopic (exact) mass is 303 g/mol. The molecule has 2 aromatic heterocycles. The molecule has 6 nitrogen and oxygen atoms in total. The number of carbonyl (C=O) groups is 1. The lowest BCUT2D eigenvalue weighted by molar-refractivity contribution is 0.0938. The number of nitrogens with one attached hydrogen (secondary N) is 2. The lowest BCUT2D eigenvalue weighted by Crippen LogP contribution is -2.27. The van der Waals surface area contributed by atoms with E-state index in [1.807, 2.05) is 26.8 Å². The molecule has 0 spiro atoms. The summed E-state index contributed by atoms with van der Waals surface area (Å²) in [5.74, 6) is 1.78. The van der Waals surface area contributed by atoms with Gasteiger partial charge < -0.3 is 14.5 Å². The van der Waals surface area contributed by atoms with Crippen LogP contribution in [0.3, 0.4) is 0 Å². The van der Waals surface area contributed by atoms with E-state index in [9.17, 15) is 4.79 Å². The third-order valence-corrected chi connectivity index (χ3v) is 4.14. The Hall–Kier alpha value is -2.08. The summed E-state index contributed by atoms with van der Waals surface area (Å²) >= 11 is 0. The van der Waals surface area contributed by atoms with Crippen molar-refractivity contribution in [2.45, 2.75) is 39.2 Å². The average Bonchev–Trinajstić information content (AvgIpc) is 3.17. The predicted octanol–water partition coefficient (Wildman–Crippen LogP) is 2.61. The van der Waals surface area contributed by atoms with Gasteiger partial charge >= 0.3 is 0 Å². The van der Waals surface area contributed by atoms with Crippen LogP contribution in [0.2, 0.25) is 0 Å². The molecule has 0 saturated carbocycles. The number of furan rings is 1. The van der Waals surface area contributed by atoms with Crippen molar-refractivity contribution in [3.8, 4) is 0 Å². The number of H-pyrrole nitrogens is 1. The number of amides is 1. The van der Waals surface area contributed by atoms with Crippen LogP contribution in [-0.2, 0) is 4.74 Å². The van der Waals surface area contributed by atoms with Gasteiger partial charge in [0, 0.05) is 18.1 Å². The molecule has 3 rings (SSSR count). The Morgan fingerprint density at radius 2 is 2.32 bits per heavy atom. The summed E-state index contributed by atoms with van der Waals surface area (Å²) in [6.45, 7) is 7.13. The first-order valence-corrected chi connectivity index (χ1v) is 7.55. The molecule has 0 radical (unpaired) electrons. The molecule has 0 aliphatic carbocycles. The van der Waals surface area contributed by atoms with Crippen molar-refractivity contribution in [1.29, 1.82) is 0 Å². The summed E-state index contributed by atoms with van der Waals surface area (Å²) in [6, 6.07) is 1.84. The Balaban J connectivity index is 1.74. The maximum Gasteiger partial charge on any atom is 0.255 e. The molecule has 1 fully saturated rings. The minimum Gasteiger partial charge on any atom is -0.466 e. The molecule has 2 unspecified atom stereocenters. The molecule has 1 amide bonds. The third-order valence-electron chi connectivity index (χ3n) is 4.14. The maximum atomic E-state index is 12.5. The Bertz CT molecular complexity index is 668. The average molecular weight is 303 g/mol. The van der Waals surface area contributed by atoms with Crippen LogP contribution in [0.5, 0.6) is 0 Å². The van der Waals surface area contributed by atoms with Crippen LogP contribution >= 0.6 is 0 Å². The zero-order chi connectivity index (χ0) is 15.7. The van der Waals surface area contributed by atoms with E-state index < -0.39 is 0 Å². The molecular weight excluding hydrogens is 282 g/mol. The highest BCUT2D eigenvalue weighted by molar-refractivity contribution is 5.95. The Kier molecular flexibility index (Phi) is 4.02. The Morgan fingerprint density at radius 3 is 2.95 bits per heavy atom. The van der Waals surface area contributed by atoms with Crippen molar-refractivity contribution in [3.63, 3.8) is 0 Å². The second-order valence-corrected chi connectivity index (χ2v) is 5.82. The van der Waals surface area contributed by atoms with Gasteiger partial charge in [-0.2, -0.15) is 5.10 Å². The first-order valence-electron chi connectivity index (χ1n) is 7.55. The van der Waals surface area contributed by atoms with E-state index in [2.05, 4.69) is 15.5 Å². The molecule has 1 aliphatic rings. The summed E-state index contributed by atoms with van der Waals surface area (Å²) < 4.78 is 10.9. The SMILES string of the molecule is Cc1cc(C(C)NC(=O)c2cn[nH]c2C2CCOC2)c(C)o1. The number of nitrogens with zero attached hydrogens (tertiary/aromatic N) is 1. The molecule has 118 valence electrons. The number of hydrogen-bond acceptors (Lipinski definition) is 4. The van der Waals surface area contributed by atoms with Crippen LogP contribution in [0.1, 0.15) is 58.4 Å². The molecule has 1 saturated heterocycles. The van der Waals surface area contributed by atoms with Gasteiger partial charge in [0.25, 0.3) is 5.91 Å². The third kappa shape index (κ3) is 2.78. The van der Waals surface area contributed by atoms with Crippen LogP contribution in [-0.4, -0.2) is 29.3 Å². The van der Waals surface area contributed by atoms with E-state index in [1.165, 1.54) is 0 Å². The van der Waals surface area contributed by atoms with Crippen LogP contribution in [0.4, 0.5) is 0 Å². The lowest BCUT2D eigenvalue weighted by atomic mass is 10.0. The molecule has 0 bridgehead atoms. The molecule has 22 heavy (non-hydrogen) atoms. The standard InChI is InChI=1S/C16H21N3O3/c1-9-6-13(11(3)22-9)10(2)18-16(20)14-7-17-19-15(14)12-4-5-21-8-12/h6-7,10,12H,4-5,8H2,1-3H3,(H,17,19)(H,18,20). The Morgan fingerprint density at radius 1 is 1.50 bits per heavy atom. The summed E-state index contributed by atoms with van der Waals surface area (Å²) in [7, 11) is 0. The first kappa shape index (κ1) is 14.8. The van der Waals surface area contributed by atoms with Crippen molar-refractivity contribution in [2.75, 3.05) is 13.2 Å². The fourth-order valence-corrected chi connectivity index (χ4v) is 2.98. The zero-order valence-electron chi connectivity index (χ0n) is 13.1. The molecular formula is C16H21N3O3. The number of hydrogen-bond donors (Lipinski definition) is 2. The highest BCUT2D eigenvalue weighted by atomic mass is 16.5. The number of rotatable bonds is 4. The van der Waals surface area contributed by atoms with E-state index in [0.717, 1.165) is 35.8 Å².